The van der Waals surface area contributed by atoms with Gasteiger partial charge in [0.2, 0.25) is 8.32 Å². The first-order valence-electron chi connectivity index (χ1n) is 12.1. The standard InChI is InChI=1S/C25H44O2Si2/c1-24-15-13-19(26-28(3,4)5)17-18(24)9-10-20-21-11-12-23(27-29(6,7)8)25(21,2)16-14-22(20)24/h13,17,20-23H,9-12,14-16H2,1-8H3/t20?,21?,22?,23-,24-,25-/m0/s1. The molecule has 0 aromatic carbocycles. The van der Waals surface area contributed by atoms with Crippen molar-refractivity contribution in [1.29, 1.82) is 0 Å². The summed E-state index contributed by atoms with van der Waals surface area (Å²) in [6, 6.07) is 0. The Morgan fingerprint density at radius 1 is 0.897 bits per heavy atom. The number of hydrogen-bond acceptors (Lipinski definition) is 2. The summed E-state index contributed by atoms with van der Waals surface area (Å²) in [5.41, 5.74) is 2.45. The van der Waals surface area contributed by atoms with Crippen LogP contribution in [0.1, 0.15) is 58.8 Å². The molecule has 0 aromatic rings. The number of fused-ring (bicyclic) bond motifs is 5. The fourth-order valence-electron chi connectivity index (χ4n) is 7.39. The van der Waals surface area contributed by atoms with Gasteiger partial charge in [-0.05, 0) is 125 Å². The van der Waals surface area contributed by atoms with Gasteiger partial charge in [-0.25, -0.2) is 0 Å². The van der Waals surface area contributed by atoms with Gasteiger partial charge in [0.15, 0.2) is 8.32 Å². The minimum atomic E-state index is -1.54. The first kappa shape index (κ1) is 21.9. The van der Waals surface area contributed by atoms with E-state index in [2.05, 4.69) is 65.3 Å². The summed E-state index contributed by atoms with van der Waals surface area (Å²) >= 11 is 0. The van der Waals surface area contributed by atoms with E-state index < -0.39 is 16.6 Å². The molecule has 0 radical (unpaired) electrons. The fraction of sp³-hybridized carbons (Fsp3) is 0.840. The van der Waals surface area contributed by atoms with Gasteiger partial charge in [-0.15, -0.1) is 0 Å². The number of hydrogen-bond donors (Lipinski definition) is 0. The van der Waals surface area contributed by atoms with Crippen LogP contribution in [0.25, 0.3) is 0 Å². The summed E-state index contributed by atoms with van der Waals surface area (Å²) in [7, 11) is -3.03. The van der Waals surface area contributed by atoms with Crippen molar-refractivity contribution < 1.29 is 8.85 Å². The van der Waals surface area contributed by atoms with Crippen molar-refractivity contribution in [1.82, 2.24) is 0 Å². The van der Waals surface area contributed by atoms with Crippen LogP contribution in [-0.4, -0.2) is 22.7 Å². The molecule has 4 aliphatic carbocycles. The van der Waals surface area contributed by atoms with Gasteiger partial charge in [-0.1, -0.05) is 19.4 Å². The van der Waals surface area contributed by atoms with Gasteiger partial charge in [0, 0.05) is 0 Å². The van der Waals surface area contributed by atoms with E-state index in [0.717, 1.165) is 17.8 Å². The molecule has 2 nitrogen and oxygen atoms in total. The van der Waals surface area contributed by atoms with Crippen LogP contribution in [0.5, 0.6) is 0 Å². The zero-order valence-electron chi connectivity index (χ0n) is 20.2. The summed E-state index contributed by atoms with van der Waals surface area (Å²) in [6.45, 7) is 19.1. The third kappa shape index (κ3) is 3.98. The fourth-order valence-corrected chi connectivity index (χ4v) is 9.48. The van der Waals surface area contributed by atoms with Crippen LogP contribution in [0.3, 0.4) is 0 Å². The molecular weight excluding hydrogens is 388 g/mol. The first-order valence-corrected chi connectivity index (χ1v) is 18.9. The van der Waals surface area contributed by atoms with E-state index in [1.165, 1.54) is 50.7 Å². The van der Waals surface area contributed by atoms with Crippen LogP contribution in [0, 0.1) is 28.6 Å². The molecule has 0 spiro atoms. The second-order valence-electron chi connectivity index (χ2n) is 12.9. The molecule has 0 aliphatic heterocycles. The van der Waals surface area contributed by atoms with Crippen molar-refractivity contribution in [2.45, 2.75) is 104 Å². The van der Waals surface area contributed by atoms with E-state index in [1.54, 1.807) is 5.57 Å². The second-order valence-corrected chi connectivity index (χ2v) is 21.8. The van der Waals surface area contributed by atoms with Gasteiger partial charge < -0.3 is 8.85 Å². The van der Waals surface area contributed by atoms with Crippen molar-refractivity contribution in [3.8, 4) is 0 Å². The van der Waals surface area contributed by atoms with Crippen LogP contribution >= 0.6 is 0 Å². The van der Waals surface area contributed by atoms with Crippen molar-refractivity contribution in [3.05, 3.63) is 23.5 Å². The molecule has 4 heteroatoms. The van der Waals surface area contributed by atoms with Crippen molar-refractivity contribution in [3.63, 3.8) is 0 Å². The predicted molar refractivity (Wildman–Crippen MR) is 128 cm³/mol. The van der Waals surface area contributed by atoms with E-state index in [1.807, 2.05) is 0 Å². The normalized spacial score (nSPS) is 42.3. The third-order valence-corrected chi connectivity index (χ3v) is 10.5. The largest absolute Gasteiger partial charge is 0.545 e. The molecule has 164 valence electrons. The van der Waals surface area contributed by atoms with Crippen molar-refractivity contribution >= 4 is 16.6 Å². The zero-order chi connectivity index (χ0) is 21.2. The van der Waals surface area contributed by atoms with Crippen LogP contribution in [0.2, 0.25) is 39.3 Å². The minimum absolute atomic E-state index is 0.355. The Morgan fingerprint density at radius 2 is 1.62 bits per heavy atom. The predicted octanol–water partition coefficient (Wildman–Crippen LogP) is 7.51. The maximum Gasteiger partial charge on any atom is 0.242 e. The summed E-state index contributed by atoms with van der Waals surface area (Å²) in [5.74, 6) is 3.76. The third-order valence-electron chi connectivity index (χ3n) is 8.61. The molecular formula is C25H44O2Si2. The lowest BCUT2D eigenvalue weighted by Crippen LogP contribution is -2.52. The molecule has 0 amide bonds. The van der Waals surface area contributed by atoms with Crippen LogP contribution < -0.4 is 0 Å². The minimum Gasteiger partial charge on any atom is -0.545 e. The number of rotatable bonds is 4. The van der Waals surface area contributed by atoms with Crippen molar-refractivity contribution in [2.75, 3.05) is 0 Å². The van der Waals surface area contributed by atoms with Crippen LogP contribution in [-0.2, 0) is 8.85 Å². The Hall–Kier alpha value is -0.326. The smallest absolute Gasteiger partial charge is 0.242 e. The Morgan fingerprint density at radius 3 is 2.28 bits per heavy atom. The van der Waals surface area contributed by atoms with E-state index in [4.69, 9.17) is 8.85 Å². The van der Waals surface area contributed by atoms with E-state index in [9.17, 15) is 0 Å². The van der Waals surface area contributed by atoms with Gasteiger partial charge in [0.05, 0.1) is 11.9 Å². The lowest BCUT2D eigenvalue weighted by Gasteiger charge is -2.58. The molecule has 3 unspecified atom stereocenters. The van der Waals surface area contributed by atoms with Gasteiger partial charge >= 0.3 is 0 Å². The van der Waals surface area contributed by atoms with E-state index >= 15 is 0 Å². The average Bonchev–Trinajstić information content (AvgIpc) is 2.89. The topological polar surface area (TPSA) is 18.5 Å². The van der Waals surface area contributed by atoms with Gasteiger partial charge in [0.1, 0.15) is 0 Å². The molecule has 0 bridgehead atoms. The Bertz CT molecular complexity index is 713. The summed E-state index contributed by atoms with van der Waals surface area (Å²) < 4.78 is 13.1. The lowest BCUT2D eigenvalue weighted by molar-refractivity contribution is -0.0656. The molecule has 0 heterocycles. The highest BCUT2D eigenvalue weighted by atomic mass is 28.4. The first-order chi connectivity index (χ1) is 13.3. The van der Waals surface area contributed by atoms with Gasteiger partial charge in [-0.3, -0.25) is 0 Å². The quantitative estimate of drug-likeness (QED) is 0.428. The Labute approximate surface area is 181 Å². The molecule has 0 aromatic heterocycles. The summed E-state index contributed by atoms with van der Waals surface area (Å²) in [6.07, 6.45) is 14.6. The van der Waals surface area contributed by atoms with Gasteiger partial charge in [0.25, 0.3) is 0 Å². The van der Waals surface area contributed by atoms with Crippen molar-refractivity contribution in [2.24, 2.45) is 28.6 Å². The molecule has 29 heavy (non-hydrogen) atoms. The maximum absolute atomic E-state index is 6.75. The SMILES string of the molecule is C[C@]12CC=C(O[Si](C)(C)C)C=C1CCC1C2CC[C@@]2(C)C1CC[C@@H]2O[Si](C)(C)C. The van der Waals surface area contributed by atoms with E-state index in [-0.39, 0.29) is 0 Å². The summed E-state index contributed by atoms with van der Waals surface area (Å²) in [5, 5.41) is 0. The molecule has 0 N–H and O–H groups in total. The monoisotopic (exact) mass is 432 g/mol. The van der Waals surface area contributed by atoms with Crippen LogP contribution in [0.4, 0.5) is 0 Å². The molecule has 4 aliphatic rings. The van der Waals surface area contributed by atoms with Gasteiger partial charge in [-0.2, -0.15) is 0 Å². The molecule has 3 saturated carbocycles. The highest BCUT2D eigenvalue weighted by molar-refractivity contribution is 6.70. The maximum atomic E-state index is 6.75. The Kier molecular flexibility index (Phi) is 5.36. The molecule has 0 saturated heterocycles. The zero-order valence-corrected chi connectivity index (χ0v) is 22.2. The lowest BCUT2D eigenvalue weighted by atomic mass is 9.48. The Balaban J connectivity index is 1.54. The average molecular weight is 433 g/mol. The number of allylic oxidation sites excluding steroid dienone is 3. The van der Waals surface area contributed by atoms with Crippen LogP contribution in [0.15, 0.2) is 23.5 Å². The highest BCUT2D eigenvalue weighted by Gasteiger charge is 2.59. The molecule has 6 atom stereocenters. The highest BCUT2D eigenvalue weighted by Crippen LogP contribution is 2.65. The molecule has 4 rings (SSSR count). The summed E-state index contributed by atoms with van der Waals surface area (Å²) in [4.78, 5) is 0. The van der Waals surface area contributed by atoms with E-state index in [0.29, 0.717) is 16.9 Å². The second kappa shape index (κ2) is 7.10. The molecule has 3 fully saturated rings.